The van der Waals surface area contributed by atoms with Gasteiger partial charge < -0.3 is 4.74 Å². The lowest BCUT2D eigenvalue weighted by atomic mass is 10.1. The van der Waals surface area contributed by atoms with Gasteiger partial charge in [0.15, 0.2) is 11.6 Å². The highest BCUT2D eigenvalue weighted by atomic mass is 35.5. The zero-order valence-electron chi connectivity index (χ0n) is 14.6. The molecule has 2 heterocycles. The molecule has 4 rings (SSSR count). The number of Topliss-reactive ketones (excluding diaryl/α,β-unsaturated/α-hetero) is 1. The van der Waals surface area contributed by atoms with Gasteiger partial charge in [-0.25, -0.2) is 0 Å². The summed E-state index contributed by atoms with van der Waals surface area (Å²) in [7, 11) is 1.65. The number of benzene rings is 2. The molecule has 0 aliphatic carbocycles. The summed E-state index contributed by atoms with van der Waals surface area (Å²) in [5.74, 6) is 1.20. The summed E-state index contributed by atoms with van der Waals surface area (Å²) in [6.07, 6.45) is 0. The zero-order valence-corrected chi connectivity index (χ0v) is 15.4. The van der Waals surface area contributed by atoms with Crippen LogP contribution < -0.4 is 10.3 Å². The summed E-state index contributed by atoms with van der Waals surface area (Å²) in [6, 6.07) is 12.1. The molecule has 0 saturated carbocycles. The number of carbonyl (C=O) groups excluding carboxylic acids is 1. The van der Waals surface area contributed by atoms with Gasteiger partial charge in [-0.3, -0.25) is 18.6 Å². The molecule has 0 N–H and O–H groups in total. The zero-order chi connectivity index (χ0) is 19.1. The quantitative estimate of drug-likeness (QED) is 0.507. The Balaban J connectivity index is 1.81. The number of ketones is 1. The first kappa shape index (κ1) is 17.2. The lowest BCUT2D eigenvalue weighted by Gasteiger charge is -2.11. The molecule has 0 saturated heterocycles. The average molecular weight is 383 g/mol. The van der Waals surface area contributed by atoms with Crippen LogP contribution in [0.1, 0.15) is 23.1 Å². The monoisotopic (exact) mass is 382 g/mol. The van der Waals surface area contributed by atoms with Crippen molar-refractivity contribution in [2.24, 2.45) is 7.05 Å². The molecule has 0 spiro atoms. The van der Waals surface area contributed by atoms with E-state index in [2.05, 4.69) is 10.2 Å². The number of hydrogen-bond acceptors (Lipinski definition) is 5. The highest BCUT2D eigenvalue weighted by Crippen LogP contribution is 2.24. The number of fused-ring (bicyclic) bond motifs is 3. The van der Waals surface area contributed by atoms with Gasteiger partial charge in [-0.2, -0.15) is 0 Å². The van der Waals surface area contributed by atoms with Crippen LogP contribution in [0.15, 0.2) is 47.3 Å². The van der Waals surface area contributed by atoms with E-state index >= 15 is 0 Å². The molecule has 7 nitrogen and oxygen atoms in total. The van der Waals surface area contributed by atoms with E-state index in [1.165, 1.54) is 11.5 Å². The van der Waals surface area contributed by atoms with Gasteiger partial charge in [0.05, 0.1) is 16.5 Å². The Morgan fingerprint density at radius 3 is 2.74 bits per heavy atom. The lowest BCUT2D eigenvalue weighted by molar-refractivity contribution is 0.101. The maximum absolute atomic E-state index is 12.5. The molecular formula is C19H15ClN4O3. The van der Waals surface area contributed by atoms with Gasteiger partial charge in [0, 0.05) is 12.1 Å². The van der Waals surface area contributed by atoms with E-state index in [-0.39, 0.29) is 17.9 Å². The molecule has 0 fully saturated rings. The van der Waals surface area contributed by atoms with Crippen molar-refractivity contribution in [3.63, 3.8) is 0 Å². The standard InChI is InChI=1S/C19H15ClN4O3/c1-11(25)14-9-12(20)7-8-16(14)27-10-17-21-22-19-23(2)18(26)13-5-3-4-6-15(13)24(17)19/h3-9H,10H2,1-2H3. The Hall–Kier alpha value is -3.19. The number of aromatic nitrogens is 4. The minimum atomic E-state index is -0.147. The van der Waals surface area contributed by atoms with Gasteiger partial charge in [-0.15, -0.1) is 10.2 Å². The van der Waals surface area contributed by atoms with Gasteiger partial charge >= 0.3 is 0 Å². The Morgan fingerprint density at radius 1 is 1.19 bits per heavy atom. The van der Waals surface area contributed by atoms with Crippen molar-refractivity contribution >= 4 is 34.1 Å². The van der Waals surface area contributed by atoms with Crippen molar-refractivity contribution in [1.29, 1.82) is 0 Å². The van der Waals surface area contributed by atoms with E-state index in [4.69, 9.17) is 16.3 Å². The number of aryl methyl sites for hydroxylation is 1. The second kappa shape index (κ2) is 6.51. The van der Waals surface area contributed by atoms with Gasteiger partial charge in [-0.1, -0.05) is 23.7 Å². The maximum atomic E-state index is 12.5. The fraction of sp³-hybridized carbons (Fsp3) is 0.158. The van der Waals surface area contributed by atoms with Crippen molar-refractivity contribution in [1.82, 2.24) is 19.2 Å². The van der Waals surface area contributed by atoms with Crippen LogP contribution in [0.25, 0.3) is 16.7 Å². The first-order chi connectivity index (χ1) is 13.0. The Bertz CT molecular complexity index is 1260. The third-order valence-electron chi connectivity index (χ3n) is 4.37. The summed E-state index contributed by atoms with van der Waals surface area (Å²) in [5.41, 5.74) is 0.949. The number of nitrogens with zero attached hydrogens (tertiary/aromatic N) is 4. The summed E-state index contributed by atoms with van der Waals surface area (Å²) >= 11 is 5.97. The first-order valence-electron chi connectivity index (χ1n) is 8.22. The average Bonchev–Trinajstić information content (AvgIpc) is 3.09. The number of hydrogen-bond donors (Lipinski definition) is 0. The second-order valence-corrected chi connectivity index (χ2v) is 6.55. The molecule has 2 aromatic heterocycles. The number of para-hydroxylation sites is 1. The maximum Gasteiger partial charge on any atom is 0.262 e. The van der Waals surface area contributed by atoms with Crippen LogP contribution >= 0.6 is 11.6 Å². The van der Waals surface area contributed by atoms with Crippen molar-refractivity contribution in [2.75, 3.05) is 0 Å². The van der Waals surface area contributed by atoms with E-state index in [0.29, 0.717) is 38.8 Å². The molecule has 4 aromatic rings. The fourth-order valence-corrected chi connectivity index (χ4v) is 3.20. The van der Waals surface area contributed by atoms with E-state index in [1.807, 2.05) is 18.2 Å². The van der Waals surface area contributed by atoms with Crippen molar-refractivity contribution in [3.05, 3.63) is 69.2 Å². The lowest BCUT2D eigenvalue weighted by Crippen LogP contribution is -2.20. The third-order valence-corrected chi connectivity index (χ3v) is 4.61. The van der Waals surface area contributed by atoms with Crippen LogP contribution in [0.3, 0.4) is 0 Å². The molecule has 27 heavy (non-hydrogen) atoms. The first-order valence-corrected chi connectivity index (χ1v) is 8.60. The number of rotatable bonds is 4. The van der Waals surface area contributed by atoms with Crippen LogP contribution in [0.4, 0.5) is 0 Å². The SMILES string of the molecule is CC(=O)c1cc(Cl)ccc1OCc1nnc2n(C)c(=O)c3ccccc3n12. The largest absolute Gasteiger partial charge is 0.485 e. The van der Waals surface area contributed by atoms with E-state index in [1.54, 1.807) is 35.7 Å². The summed E-state index contributed by atoms with van der Waals surface area (Å²) < 4.78 is 9.06. The van der Waals surface area contributed by atoms with Crippen LogP contribution in [0.5, 0.6) is 5.75 Å². The molecule has 136 valence electrons. The number of carbonyl (C=O) groups is 1. The Morgan fingerprint density at radius 2 is 1.96 bits per heavy atom. The van der Waals surface area contributed by atoms with Gasteiger partial charge in [0.2, 0.25) is 5.78 Å². The predicted molar refractivity (Wildman–Crippen MR) is 102 cm³/mol. The normalized spacial score (nSPS) is 11.2. The summed E-state index contributed by atoms with van der Waals surface area (Å²) in [6.45, 7) is 1.53. The summed E-state index contributed by atoms with van der Waals surface area (Å²) in [4.78, 5) is 24.3. The highest BCUT2D eigenvalue weighted by molar-refractivity contribution is 6.31. The van der Waals surface area contributed by atoms with E-state index in [0.717, 1.165) is 0 Å². The summed E-state index contributed by atoms with van der Waals surface area (Å²) in [5, 5.41) is 9.31. The second-order valence-electron chi connectivity index (χ2n) is 6.12. The molecule has 0 aliphatic rings. The topological polar surface area (TPSA) is 78.5 Å². The molecule has 0 unspecified atom stereocenters. The molecule has 0 amide bonds. The molecule has 2 aromatic carbocycles. The molecule has 0 bridgehead atoms. The molecule has 0 atom stereocenters. The van der Waals surface area contributed by atoms with Crippen molar-refractivity contribution < 1.29 is 9.53 Å². The number of ether oxygens (including phenoxy) is 1. The Kier molecular flexibility index (Phi) is 4.16. The minimum Gasteiger partial charge on any atom is -0.485 e. The van der Waals surface area contributed by atoms with Crippen LogP contribution in [-0.2, 0) is 13.7 Å². The van der Waals surface area contributed by atoms with Crippen LogP contribution in [0, 0.1) is 0 Å². The molecule has 8 heteroatoms. The number of halogens is 1. The van der Waals surface area contributed by atoms with Crippen molar-refractivity contribution in [3.8, 4) is 5.75 Å². The van der Waals surface area contributed by atoms with E-state index in [9.17, 15) is 9.59 Å². The van der Waals surface area contributed by atoms with Gasteiger partial charge in [0.1, 0.15) is 12.4 Å². The molecule has 0 aliphatic heterocycles. The molecular weight excluding hydrogens is 368 g/mol. The highest BCUT2D eigenvalue weighted by Gasteiger charge is 2.16. The smallest absolute Gasteiger partial charge is 0.262 e. The van der Waals surface area contributed by atoms with Crippen LogP contribution in [-0.4, -0.2) is 24.9 Å². The van der Waals surface area contributed by atoms with Gasteiger partial charge in [0.25, 0.3) is 5.56 Å². The predicted octanol–water partition coefficient (Wildman–Crippen LogP) is 3.02. The van der Waals surface area contributed by atoms with Crippen molar-refractivity contribution in [2.45, 2.75) is 13.5 Å². The minimum absolute atomic E-state index is 0.0747. The van der Waals surface area contributed by atoms with Crippen LogP contribution in [0.2, 0.25) is 5.02 Å². The van der Waals surface area contributed by atoms with E-state index < -0.39 is 0 Å². The fourth-order valence-electron chi connectivity index (χ4n) is 3.03. The molecule has 0 radical (unpaired) electrons. The Labute approximate surface area is 158 Å². The van der Waals surface area contributed by atoms with Gasteiger partial charge in [-0.05, 0) is 37.3 Å². The third kappa shape index (κ3) is 2.86.